The molecule has 0 bridgehead atoms. The van der Waals surface area contributed by atoms with Crippen LogP contribution in [0.3, 0.4) is 0 Å². The molecule has 18 heavy (non-hydrogen) atoms. The lowest BCUT2D eigenvalue weighted by molar-refractivity contribution is 0.295. The SMILES string of the molecule is Nc1ccc(OCCn2cc(Cl)cnc2=O)cc1. The number of ether oxygens (including phenoxy) is 1. The van der Waals surface area contributed by atoms with E-state index in [9.17, 15) is 4.79 Å². The van der Waals surface area contributed by atoms with Gasteiger partial charge in [0.2, 0.25) is 0 Å². The van der Waals surface area contributed by atoms with E-state index in [4.69, 9.17) is 22.1 Å². The number of nitrogen functional groups attached to an aromatic ring is 1. The van der Waals surface area contributed by atoms with E-state index in [0.29, 0.717) is 29.6 Å². The van der Waals surface area contributed by atoms with Crippen molar-refractivity contribution in [1.82, 2.24) is 9.55 Å². The molecule has 0 aliphatic carbocycles. The molecule has 1 aromatic carbocycles. The van der Waals surface area contributed by atoms with Gasteiger partial charge >= 0.3 is 5.69 Å². The van der Waals surface area contributed by atoms with Crippen LogP contribution in [-0.4, -0.2) is 16.2 Å². The molecule has 0 aliphatic heterocycles. The van der Waals surface area contributed by atoms with Crippen molar-refractivity contribution in [3.63, 3.8) is 0 Å². The van der Waals surface area contributed by atoms with E-state index in [2.05, 4.69) is 4.98 Å². The molecule has 1 heterocycles. The molecule has 0 atom stereocenters. The molecular formula is C12H12ClN3O2. The van der Waals surface area contributed by atoms with Crippen LogP contribution in [0.4, 0.5) is 5.69 Å². The Labute approximate surface area is 109 Å². The second-order valence-electron chi connectivity index (χ2n) is 3.67. The first-order chi connectivity index (χ1) is 8.65. The first-order valence-electron chi connectivity index (χ1n) is 5.35. The van der Waals surface area contributed by atoms with Gasteiger partial charge in [0.25, 0.3) is 0 Å². The van der Waals surface area contributed by atoms with Crippen LogP contribution in [0.15, 0.2) is 41.5 Å². The number of nitrogens with zero attached hydrogens (tertiary/aromatic N) is 2. The molecule has 0 aliphatic rings. The Morgan fingerprint density at radius 3 is 2.78 bits per heavy atom. The Hall–Kier alpha value is -2.01. The Kier molecular flexibility index (Phi) is 3.84. The standard InChI is InChI=1S/C12H12ClN3O2/c13-9-7-15-12(17)16(8-9)5-6-18-11-3-1-10(14)2-4-11/h1-4,7-8H,5-6,14H2. The number of aromatic nitrogens is 2. The van der Waals surface area contributed by atoms with E-state index < -0.39 is 0 Å². The Morgan fingerprint density at radius 1 is 1.33 bits per heavy atom. The molecule has 0 saturated heterocycles. The molecule has 0 fully saturated rings. The molecule has 6 heteroatoms. The third kappa shape index (κ3) is 3.24. The maximum absolute atomic E-state index is 11.4. The van der Waals surface area contributed by atoms with Gasteiger partial charge in [-0.15, -0.1) is 0 Å². The molecule has 2 aromatic rings. The zero-order valence-electron chi connectivity index (χ0n) is 9.54. The summed E-state index contributed by atoms with van der Waals surface area (Å²) < 4.78 is 6.88. The quantitative estimate of drug-likeness (QED) is 0.852. The molecular weight excluding hydrogens is 254 g/mol. The second-order valence-corrected chi connectivity index (χ2v) is 4.10. The lowest BCUT2D eigenvalue weighted by Crippen LogP contribution is -2.24. The predicted molar refractivity (Wildman–Crippen MR) is 69.9 cm³/mol. The minimum Gasteiger partial charge on any atom is -0.492 e. The molecule has 0 amide bonds. The summed E-state index contributed by atoms with van der Waals surface area (Å²) in [5.74, 6) is 0.701. The number of halogens is 1. The van der Waals surface area contributed by atoms with Gasteiger partial charge in [-0.3, -0.25) is 4.57 Å². The van der Waals surface area contributed by atoms with Crippen LogP contribution < -0.4 is 16.2 Å². The first kappa shape index (κ1) is 12.4. The van der Waals surface area contributed by atoms with Crippen LogP contribution in [0.5, 0.6) is 5.75 Å². The summed E-state index contributed by atoms with van der Waals surface area (Å²) in [7, 11) is 0. The van der Waals surface area contributed by atoms with Crippen LogP contribution >= 0.6 is 11.6 Å². The van der Waals surface area contributed by atoms with Crippen LogP contribution in [-0.2, 0) is 6.54 Å². The van der Waals surface area contributed by atoms with E-state index in [0.717, 1.165) is 0 Å². The van der Waals surface area contributed by atoms with E-state index in [1.165, 1.54) is 17.0 Å². The van der Waals surface area contributed by atoms with Crippen molar-refractivity contribution < 1.29 is 4.74 Å². The number of nitrogens with two attached hydrogens (primary N) is 1. The van der Waals surface area contributed by atoms with Crippen molar-refractivity contribution in [1.29, 1.82) is 0 Å². The predicted octanol–water partition coefficient (Wildman–Crippen LogP) is 1.56. The van der Waals surface area contributed by atoms with Crippen molar-refractivity contribution in [2.45, 2.75) is 6.54 Å². The highest BCUT2D eigenvalue weighted by Gasteiger charge is 1.99. The minimum atomic E-state index is -0.347. The fourth-order valence-corrected chi connectivity index (χ4v) is 1.58. The summed E-state index contributed by atoms with van der Waals surface area (Å²) >= 11 is 5.75. The van der Waals surface area contributed by atoms with Gasteiger partial charge in [0.1, 0.15) is 12.4 Å². The van der Waals surface area contributed by atoms with Crippen LogP contribution in [0.1, 0.15) is 0 Å². The summed E-state index contributed by atoms with van der Waals surface area (Å²) in [6.45, 7) is 0.739. The number of rotatable bonds is 4. The Morgan fingerprint density at radius 2 is 2.06 bits per heavy atom. The van der Waals surface area contributed by atoms with Gasteiger partial charge in [0.15, 0.2) is 0 Å². The van der Waals surface area contributed by atoms with Crippen molar-refractivity contribution in [2.75, 3.05) is 12.3 Å². The normalized spacial score (nSPS) is 10.3. The van der Waals surface area contributed by atoms with Crippen molar-refractivity contribution in [2.24, 2.45) is 0 Å². The van der Waals surface area contributed by atoms with Crippen LogP contribution in [0, 0.1) is 0 Å². The Bertz CT molecular complexity index is 581. The summed E-state index contributed by atoms with van der Waals surface area (Å²) in [6, 6.07) is 7.05. The molecule has 5 nitrogen and oxygen atoms in total. The lowest BCUT2D eigenvalue weighted by atomic mass is 10.3. The van der Waals surface area contributed by atoms with E-state index in [1.807, 2.05) is 0 Å². The van der Waals surface area contributed by atoms with Crippen molar-refractivity contribution in [3.05, 3.63) is 52.2 Å². The molecule has 0 saturated carbocycles. The summed E-state index contributed by atoms with van der Waals surface area (Å²) in [4.78, 5) is 15.0. The molecule has 0 radical (unpaired) electrons. The monoisotopic (exact) mass is 265 g/mol. The van der Waals surface area contributed by atoms with Gasteiger partial charge in [-0.2, -0.15) is 0 Å². The first-order valence-corrected chi connectivity index (χ1v) is 5.73. The zero-order valence-corrected chi connectivity index (χ0v) is 10.3. The highest BCUT2D eigenvalue weighted by atomic mass is 35.5. The lowest BCUT2D eigenvalue weighted by Gasteiger charge is -2.08. The summed E-state index contributed by atoms with van der Waals surface area (Å²) in [6.07, 6.45) is 2.85. The zero-order chi connectivity index (χ0) is 13.0. The second kappa shape index (κ2) is 5.55. The number of hydrogen-bond acceptors (Lipinski definition) is 4. The average molecular weight is 266 g/mol. The highest BCUT2D eigenvalue weighted by Crippen LogP contribution is 2.12. The Balaban J connectivity index is 1.94. The topological polar surface area (TPSA) is 70.1 Å². The van der Waals surface area contributed by atoms with Crippen molar-refractivity contribution in [3.8, 4) is 5.75 Å². The fourth-order valence-electron chi connectivity index (χ4n) is 1.41. The molecule has 2 rings (SSSR count). The van der Waals surface area contributed by atoms with Crippen LogP contribution in [0.2, 0.25) is 5.02 Å². The molecule has 0 unspecified atom stereocenters. The van der Waals surface area contributed by atoms with Gasteiger partial charge in [0.05, 0.1) is 17.8 Å². The average Bonchev–Trinajstić information content (AvgIpc) is 2.36. The summed E-state index contributed by atoms with van der Waals surface area (Å²) in [5, 5.41) is 0.419. The maximum Gasteiger partial charge on any atom is 0.347 e. The summed E-state index contributed by atoms with van der Waals surface area (Å²) in [5.41, 5.74) is 5.89. The van der Waals surface area contributed by atoms with E-state index in [1.54, 1.807) is 24.3 Å². The number of anilines is 1. The smallest absolute Gasteiger partial charge is 0.347 e. The number of hydrogen-bond donors (Lipinski definition) is 1. The van der Waals surface area contributed by atoms with Gasteiger partial charge in [0, 0.05) is 11.9 Å². The number of benzene rings is 1. The molecule has 2 N–H and O–H groups in total. The van der Waals surface area contributed by atoms with Gasteiger partial charge in [-0.25, -0.2) is 9.78 Å². The molecule has 94 valence electrons. The highest BCUT2D eigenvalue weighted by molar-refractivity contribution is 6.30. The minimum absolute atomic E-state index is 0.347. The van der Waals surface area contributed by atoms with Gasteiger partial charge in [-0.05, 0) is 24.3 Å². The van der Waals surface area contributed by atoms with Gasteiger partial charge in [-0.1, -0.05) is 11.6 Å². The van der Waals surface area contributed by atoms with Crippen molar-refractivity contribution >= 4 is 17.3 Å². The maximum atomic E-state index is 11.4. The van der Waals surface area contributed by atoms with Gasteiger partial charge < -0.3 is 10.5 Å². The third-order valence-electron chi connectivity index (χ3n) is 2.30. The van der Waals surface area contributed by atoms with E-state index in [-0.39, 0.29) is 5.69 Å². The molecule has 1 aromatic heterocycles. The molecule has 0 spiro atoms. The fraction of sp³-hybridized carbons (Fsp3) is 0.167. The van der Waals surface area contributed by atoms with Crippen LogP contribution in [0.25, 0.3) is 0 Å². The van der Waals surface area contributed by atoms with E-state index >= 15 is 0 Å². The largest absolute Gasteiger partial charge is 0.492 e. The third-order valence-corrected chi connectivity index (χ3v) is 2.50.